The van der Waals surface area contributed by atoms with Crippen molar-refractivity contribution in [2.45, 2.75) is 19.8 Å². The minimum atomic E-state index is 0.422. The molecule has 0 aromatic heterocycles. The molecule has 1 rings (SSSR count). The third-order valence-electron chi connectivity index (χ3n) is 1.82. The number of nitriles is 1. The average Bonchev–Trinajstić information content (AvgIpc) is 2.03. The van der Waals surface area contributed by atoms with E-state index in [1.807, 2.05) is 18.2 Å². The number of nitrogens with zero attached hydrogens (tertiary/aromatic N) is 1. The summed E-state index contributed by atoms with van der Waals surface area (Å²) in [6.07, 6.45) is 0. The zero-order valence-electron chi connectivity index (χ0n) is 7.33. The Hall–Kier alpha value is -0.860. The molecule has 0 N–H and O–H groups in total. The molecule has 1 aromatic rings. The minimum absolute atomic E-state index is 0.422. The van der Waals surface area contributed by atoms with E-state index in [-0.39, 0.29) is 0 Å². The van der Waals surface area contributed by atoms with Crippen LogP contribution < -0.4 is 5.30 Å². The summed E-state index contributed by atoms with van der Waals surface area (Å²) < 4.78 is 0. The van der Waals surface area contributed by atoms with Crippen LogP contribution in [0.1, 0.15) is 30.9 Å². The summed E-state index contributed by atoms with van der Waals surface area (Å²) in [6.45, 7) is 4.19. The van der Waals surface area contributed by atoms with Gasteiger partial charge in [-0.25, -0.2) is 0 Å². The third-order valence-corrected chi connectivity index (χ3v) is 2.18. The van der Waals surface area contributed by atoms with Crippen LogP contribution in [0.2, 0.25) is 0 Å². The summed E-state index contributed by atoms with van der Waals surface area (Å²) in [5.41, 5.74) is 1.92. The van der Waals surface area contributed by atoms with Crippen LogP contribution >= 0.6 is 9.24 Å². The predicted octanol–water partition coefficient (Wildman–Crippen LogP) is 2.18. The molecule has 1 atom stereocenters. The molecule has 1 unspecified atom stereocenters. The van der Waals surface area contributed by atoms with Crippen LogP contribution in [0.5, 0.6) is 0 Å². The van der Waals surface area contributed by atoms with E-state index in [2.05, 4.69) is 29.2 Å². The Bertz CT molecular complexity index is 323. The van der Waals surface area contributed by atoms with Gasteiger partial charge in [-0.15, -0.1) is 9.24 Å². The van der Waals surface area contributed by atoms with Crippen molar-refractivity contribution < 1.29 is 0 Å². The first kappa shape index (κ1) is 9.23. The lowest BCUT2D eigenvalue weighted by Gasteiger charge is -2.07. The van der Waals surface area contributed by atoms with Gasteiger partial charge in [0, 0.05) is 0 Å². The Kier molecular flexibility index (Phi) is 2.84. The summed E-state index contributed by atoms with van der Waals surface area (Å²) in [4.78, 5) is 0. The first-order valence-electron chi connectivity index (χ1n) is 3.94. The van der Waals surface area contributed by atoms with Crippen molar-refractivity contribution in [3.63, 3.8) is 0 Å². The second-order valence-corrected chi connectivity index (χ2v) is 3.78. The van der Waals surface area contributed by atoms with Crippen LogP contribution in [0.15, 0.2) is 18.2 Å². The van der Waals surface area contributed by atoms with E-state index in [9.17, 15) is 0 Å². The highest BCUT2D eigenvalue weighted by molar-refractivity contribution is 7.27. The van der Waals surface area contributed by atoms with Crippen molar-refractivity contribution in [3.8, 4) is 6.07 Å². The smallest absolute Gasteiger partial charge is 0.0994 e. The van der Waals surface area contributed by atoms with Gasteiger partial charge in [0.2, 0.25) is 0 Å². The highest BCUT2D eigenvalue weighted by Gasteiger charge is 2.05. The van der Waals surface area contributed by atoms with Crippen LogP contribution in [-0.4, -0.2) is 0 Å². The van der Waals surface area contributed by atoms with E-state index >= 15 is 0 Å². The normalized spacial score (nSPS) is 9.92. The van der Waals surface area contributed by atoms with Crippen LogP contribution in [0, 0.1) is 11.3 Å². The van der Waals surface area contributed by atoms with Gasteiger partial charge in [0.05, 0.1) is 11.6 Å². The first-order chi connectivity index (χ1) is 5.65. The number of hydrogen-bond donors (Lipinski definition) is 0. The Morgan fingerprint density at radius 3 is 2.58 bits per heavy atom. The van der Waals surface area contributed by atoms with E-state index in [1.54, 1.807) is 0 Å². The van der Waals surface area contributed by atoms with Crippen molar-refractivity contribution in [2.75, 3.05) is 0 Å². The van der Waals surface area contributed by atoms with E-state index in [0.717, 1.165) is 16.4 Å². The van der Waals surface area contributed by atoms with E-state index in [4.69, 9.17) is 5.26 Å². The van der Waals surface area contributed by atoms with Gasteiger partial charge in [-0.1, -0.05) is 26.0 Å². The fourth-order valence-electron chi connectivity index (χ4n) is 1.17. The Labute approximate surface area is 75.6 Å². The molecule has 0 aliphatic rings. The Morgan fingerprint density at radius 2 is 2.08 bits per heavy atom. The lowest BCUT2D eigenvalue weighted by molar-refractivity contribution is 0.863. The molecule has 2 heteroatoms. The van der Waals surface area contributed by atoms with Crippen molar-refractivity contribution >= 4 is 14.5 Å². The standard InChI is InChI=1S/C10H12NP/c1-7(2)10-4-3-9(12)5-8(10)6-11/h3-5,7H,12H2,1-2H3. The van der Waals surface area contributed by atoms with Crippen molar-refractivity contribution in [1.82, 2.24) is 0 Å². The molecule has 1 aromatic carbocycles. The Balaban J connectivity index is 3.23. The molecular formula is C10H12NP. The molecule has 0 saturated carbocycles. The summed E-state index contributed by atoms with van der Waals surface area (Å²) >= 11 is 0. The minimum Gasteiger partial charge on any atom is -0.192 e. The maximum Gasteiger partial charge on any atom is 0.0994 e. The molecule has 0 radical (unpaired) electrons. The summed E-state index contributed by atoms with van der Waals surface area (Å²) in [5.74, 6) is 0.422. The van der Waals surface area contributed by atoms with Gasteiger partial charge in [-0.2, -0.15) is 5.26 Å². The highest BCUT2D eigenvalue weighted by atomic mass is 31.0. The molecule has 0 aliphatic carbocycles. The molecule has 1 nitrogen and oxygen atoms in total. The van der Waals surface area contributed by atoms with Gasteiger partial charge in [0.25, 0.3) is 0 Å². The zero-order valence-corrected chi connectivity index (χ0v) is 8.49. The third kappa shape index (κ3) is 1.84. The van der Waals surface area contributed by atoms with Gasteiger partial charge >= 0.3 is 0 Å². The molecule has 0 heterocycles. The second-order valence-electron chi connectivity index (χ2n) is 3.11. The molecular weight excluding hydrogens is 165 g/mol. The highest BCUT2D eigenvalue weighted by Crippen LogP contribution is 2.17. The van der Waals surface area contributed by atoms with E-state index in [0.29, 0.717) is 5.92 Å². The Morgan fingerprint density at radius 1 is 1.42 bits per heavy atom. The summed E-state index contributed by atoms with van der Waals surface area (Å²) in [5, 5.41) is 9.90. The molecule has 12 heavy (non-hydrogen) atoms. The van der Waals surface area contributed by atoms with Gasteiger partial charge in [-0.05, 0) is 22.9 Å². The van der Waals surface area contributed by atoms with Gasteiger partial charge < -0.3 is 0 Å². The fourth-order valence-corrected chi connectivity index (χ4v) is 1.44. The van der Waals surface area contributed by atoms with Crippen LogP contribution in [-0.2, 0) is 0 Å². The maximum atomic E-state index is 8.83. The van der Waals surface area contributed by atoms with E-state index < -0.39 is 0 Å². The van der Waals surface area contributed by atoms with Gasteiger partial charge in [0.15, 0.2) is 0 Å². The quantitative estimate of drug-likeness (QED) is 0.603. The van der Waals surface area contributed by atoms with Crippen LogP contribution in [0.3, 0.4) is 0 Å². The molecule has 0 amide bonds. The SMILES string of the molecule is CC(C)c1ccc(P)cc1C#N. The molecule has 0 fully saturated rings. The van der Waals surface area contributed by atoms with Crippen LogP contribution in [0.4, 0.5) is 0 Å². The zero-order chi connectivity index (χ0) is 9.14. The van der Waals surface area contributed by atoms with Crippen LogP contribution in [0.25, 0.3) is 0 Å². The lowest BCUT2D eigenvalue weighted by atomic mass is 9.98. The number of rotatable bonds is 1. The summed E-state index contributed by atoms with van der Waals surface area (Å²) in [7, 11) is 2.60. The molecule has 62 valence electrons. The van der Waals surface area contributed by atoms with E-state index in [1.165, 1.54) is 0 Å². The molecule has 0 aliphatic heterocycles. The van der Waals surface area contributed by atoms with Crippen molar-refractivity contribution in [1.29, 1.82) is 5.26 Å². The lowest BCUT2D eigenvalue weighted by Crippen LogP contribution is -1.98. The van der Waals surface area contributed by atoms with Crippen molar-refractivity contribution in [3.05, 3.63) is 29.3 Å². The molecule has 0 bridgehead atoms. The predicted molar refractivity (Wildman–Crippen MR) is 54.6 cm³/mol. The van der Waals surface area contributed by atoms with Crippen molar-refractivity contribution in [2.24, 2.45) is 0 Å². The average molecular weight is 177 g/mol. The topological polar surface area (TPSA) is 23.8 Å². The summed E-state index contributed by atoms with van der Waals surface area (Å²) in [6, 6.07) is 8.14. The maximum absolute atomic E-state index is 8.83. The first-order valence-corrected chi connectivity index (χ1v) is 4.52. The fraction of sp³-hybridized carbons (Fsp3) is 0.300. The largest absolute Gasteiger partial charge is 0.192 e. The van der Waals surface area contributed by atoms with Gasteiger partial charge in [-0.3, -0.25) is 0 Å². The monoisotopic (exact) mass is 177 g/mol. The second kappa shape index (κ2) is 3.70. The number of benzene rings is 1. The molecule has 0 saturated heterocycles. The van der Waals surface area contributed by atoms with Gasteiger partial charge in [0.1, 0.15) is 0 Å². The molecule has 0 spiro atoms. The number of hydrogen-bond acceptors (Lipinski definition) is 1.